The number of hydrogen-bond donors (Lipinski definition) is 1. The van der Waals surface area contributed by atoms with Gasteiger partial charge in [0, 0.05) is 0 Å². The predicted molar refractivity (Wildman–Crippen MR) is 117 cm³/mol. The Labute approximate surface area is 180 Å². The number of nitriles is 1. The van der Waals surface area contributed by atoms with Crippen LogP contribution >= 0.6 is 23.2 Å². The number of nitrogens with zero attached hydrogens (tertiary/aromatic N) is 1. The number of rotatable bonds is 9. The Kier molecular flexibility index (Phi) is 8.85. The van der Waals surface area contributed by atoms with Crippen molar-refractivity contribution >= 4 is 40.9 Å². The van der Waals surface area contributed by atoms with Crippen LogP contribution in [0, 0.1) is 11.3 Å². The fourth-order valence-electron chi connectivity index (χ4n) is 2.53. The largest absolute Gasteiger partial charge is 0.493 e. The first-order valence-electron chi connectivity index (χ1n) is 9.18. The van der Waals surface area contributed by atoms with Crippen molar-refractivity contribution in [3.05, 3.63) is 57.6 Å². The van der Waals surface area contributed by atoms with E-state index in [0.29, 0.717) is 34.4 Å². The van der Waals surface area contributed by atoms with E-state index >= 15 is 0 Å². The molecule has 0 radical (unpaired) electrons. The second-order valence-corrected chi connectivity index (χ2v) is 6.98. The summed E-state index contributed by atoms with van der Waals surface area (Å²) < 4.78 is 11.1. The second-order valence-electron chi connectivity index (χ2n) is 6.19. The van der Waals surface area contributed by atoms with Crippen molar-refractivity contribution in [2.24, 2.45) is 0 Å². The number of methoxy groups -OCH3 is 1. The molecule has 0 aliphatic carbocycles. The maximum Gasteiger partial charge on any atom is 0.266 e. The van der Waals surface area contributed by atoms with Gasteiger partial charge in [-0.05, 0) is 42.3 Å². The van der Waals surface area contributed by atoms with Crippen molar-refractivity contribution in [3.63, 3.8) is 0 Å². The number of anilines is 1. The van der Waals surface area contributed by atoms with E-state index in [-0.39, 0.29) is 10.6 Å². The van der Waals surface area contributed by atoms with Gasteiger partial charge in [-0.2, -0.15) is 5.26 Å². The molecule has 7 heteroatoms. The van der Waals surface area contributed by atoms with Gasteiger partial charge in [-0.25, -0.2) is 0 Å². The van der Waals surface area contributed by atoms with Gasteiger partial charge in [0.15, 0.2) is 11.5 Å². The molecule has 2 rings (SSSR count). The van der Waals surface area contributed by atoms with Crippen LogP contribution in [0.3, 0.4) is 0 Å². The summed E-state index contributed by atoms with van der Waals surface area (Å²) in [5.41, 5.74) is 0.880. The van der Waals surface area contributed by atoms with Crippen molar-refractivity contribution in [2.75, 3.05) is 19.0 Å². The molecule has 29 heavy (non-hydrogen) atoms. The van der Waals surface area contributed by atoms with Gasteiger partial charge in [-0.15, -0.1) is 0 Å². The highest BCUT2D eigenvalue weighted by Crippen LogP contribution is 2.31. The molecule has 0 saturated carbocycles. The molecule has 0 aliphatic rings. The van der Waals surface area contributed by atoms with Crippen molar-refractivity contribution in [3.8, 4) is 17.6 Å². The van der Waals surface area contributed by atoms with E-state index in [2.05, 4.69) is 12.2 Å². The summed E-state index contributed by atoms with van der Waals surface area (Å²) in [7, 11) is 1.54. The summed E-state index contributed by atoms with van der Waals surface area (Å²) in [6.07, 6.45) is 4.65. The van der Waals surface area contributed by atoms with Gasteiger partial charge in [0.1, 0.15) is 11.6 Å². The van der Waals surface area contributed by atoms with Crippen LogP contribution in [0.15, 0.2) is 42.0 Å². The Morgan fingerprint density at radius 1 is 1.21 bits per heavy atom. The molecular formula is C22H22Cl2N2O3. The Hall–Kier alpha value is -2.68. The van der Waals surface area contributed by atoms with E-state index in [9.17, 15) is 10.1 Å². The first-order chi connectivity index (χ1) is 14.0. The van der Waals surface area contributed by atoms with Crippen LogP contribution in [0.25, 0.3) is 6.08 Å². The summed E-state index contributed by atoms with van der Waals surface area (Å²) in [6, 6.07) is 12.0. The highest BCUT2D eigenvalue weighted by Gasteiger charge is 2.13. The number of unbranched alkanes of at least 4 members (excludes halogenated alkanes) is 2. The zero-order valence-electron chi connectivity index (χ0n) is 16.3. The first-order valence-corrected chi connectivity index (χ1v) is 9.93. The van der Waals surface area contributed by atoms with Gasteiger partial charge < -0.3 is 14.8 Å². The average Bonchev–Trinajstić information content (AvgIpc) is 2.73. The Morgan fingerprint density at radius 2 is 2.00 bits per heavy atom. The standard InChI is InChI=1S/C22H22Cl2N2O3/c1-3-4-5-11-29-19-10-9-15(13-20(19)28-2)12-16(14-25)22(27)26-18-8-6-7-17(23)21(18)24/h6-10,12-13H,3-5,11H2,1-2H3,(H,26,27)/b16-12-. The third kappa shape index (κ3) is 6.42. The summed E-state index contributed by atoms with van der Waals surface area (Å²) in [4.78, 5) is 12.5. The Morgan fingerprint density at radius 3 is 2.69 bits per heavy atom. The molecule has 2 aromatic carbocycles. The van der Waals surface area contributed by atoms with Crippen molar-refractivity contribution < 1.29 is 14.3 Å². The van der Waals surface area contributed by atoms with E-state index < -0.39 is 5.91 Å². The summed E-state index contributed by atoms with van der Waals surface area (Å²) in [6.45, 7) is 2.73. The lowest BCUT2D eigenvalue weighted by Crippen LogP contribution is -2.13. The Bertz CT molecular complexity index is 936. The molecule has 2 aromatic rings. The quantitative estimate of drug-likeness (QED) is 0.294. The fourth-order valence-corrected chi connectivity index (χ4v) is 2.88. The molecule has 5 nitrogen and oxygen atoms in total. The van der Waals surface area contributed by atoms with Crippen LogP contribution in [0.2, 0.25) is 10.0 Å². The molecule has 152 valence electrons. The monoisotopic (exact) mass is 432 g/mol. The number of benzene rings is 2. The molecule has 1 N–H and O–H groups in total. The number of carbonyl (C=O) groups is 1. The minimum atomic E-state index is -0.587. The molecule has 0 spiro atoms. The lowest BCUT2D eigenvalue weighted by molar-refractivity contribution is -0.112. The van der Waals surface area contributed by atoms with Crippen LogP contribution < -0.4 is 14.8 Å². The van der Waals surface area contributed by atoms with Crippen LogP contribution in [0.4, 0.5) is 5.69 Å². The van der Waals surface area contributed by atoms with Crippen LogP contribution in [-0.4, -0.2) is 19.6 Å². The molecule has 0 saturated heterocycles. The van der Waals surface area contributed by atoms with E-state index in [1.165, 1.54) is 6.08 Å². The summed E-state index contributed by atoms with van der Waals surface area (Å²) in [5, 5.41) is 12.5. The van der Waals surface area contributed by atoms with Gasteiger partial charge in [0.25, 0.3) is 5.91 Å². The zero-order chi connectivity index (χ0) is 21.2. The lowest BCUT2D eigenvalue weighted by atomic mass is 10.1. The molecule has 1 amide bonds. The number of halogens is 2. The number of hydrogen-bond acceptors (Lipinski definition) is 4. The van der Waals surface area contributed by atoms with E-state index in [1.54, 1.807) is 43.5 Å². The van der Waals surface area contributed by atoms with Crippen molar-refractivity contribution in [2.45, 2.75) is 26.2 Å². The molecule has 0 aromatic heterocycles. The highest BCUT2D eigenvalue weighted by atomic mass is 35.5. The van der Waals surface area contributed by atoms with Crippen molar-refractivity contribution in [1.82, 2.24) is 0 Å². The first kappa shape index (κ1) is 22.6. The Balaban J connectivity index is 2.18. The predicted octanol–water partition coefficient (Wildman–Crippen LogP) is 6.12. The van der Waals surface area contributed by atoms with Crippen LogP contribution in [0.5, 0.6) is 11.5 Å². The van der Waals surface area contributed by atoms with E-state index in [0.717, 1.165) is 19.3 Å². The summed E-state index contributed by atoms with van der Waals surface area (Å²) in [5.74, 6) is 0.566. The number of carbonyl (C=O) groups excluding carboxylic acids is 1. The molecule has 0 fully saturated rings. The van der Waals surface area contributed by atoms with Gasteiger partial charge in [0.05, 0.1) is 29.4 Å². The minimum Gasteiger partial charge on any atom is -0.493 e. The summed E-state index contributed by atoms with van der Waals surface area (Å²) >= 11 is 12.0. The van der Waals surface area contributed by atoms with Gasteiger partial charge >= 0.3 is 0 Å². The van der Waals surface area contributed by atoms with Crippen LogP contribution in [0.1, 0.15) is 31.7 Å². The molecule has 0 bridgehead atoms. The van der Waals surface area contributed by atoms with Gasteiger partial charge in [0.2, 0.25) is 0 Å². The normalized spacial score (nSPS) is 10.9. The molecule has 0 atom stereocenters. The van der Waals surface area contributed by atoms with Gasteiger partial charge in [-0.3, -0.25) is 4.79 Å². The molecule has 0 heterocycles. The third-order valence-corrected chi connectivity index (χ3v) is 4.89. The van der Waals surface area contributed by atoms with Gasteiger partial charge in [-0.1, -0.05) is 55.1 Å². The maximum atomic E-state index is 12.5. The lowest BCUT2D eigenvalue weighted by Gasteiger charge is -2.11. The fraction of sp³-hybridized carbons (Fsp3) is 0.273. The third-order valence-electron chi connectivity index (χ3n) is 4.07. The van der Waals surface area contributed by atoms with Crippen molar-refractivity contribution in [1.29, 1.82) is 5.26 Å². The smallest absolute Gasteiger partial charge is 0.266 e. The topological polar surface area (TPSA) is 71.3 Å². The maximum absolute atomic E-state index is 12.5. The zero-order valence-corrected chi connectivity index (χ0v) is 17.8. The van der Waals surface area contributed by atoms with E-state index in [1.807, 2.05) is 6.07 Å². The molecule has 0 unspecified atom stereocenters. The SMILES string of the molecule is CCCCCOc1ccc(/C=C(/C#N)C(=O)Nc2cccc(Cl)c2Cl)cc1OC. The number of ether oxygens (including phenoxy) is 2. The molecule has 0 aliphatic heterocycles. The molecular weight excluding hydrogens is 411 g/mol. The van der Waals surface area contributed by atoms with E-state index in [4.69, 9.17) is 32.7 Å². The second kappa shape index (κ2) is 11.4. The van der Waals surface area contributed by atoms with Crippen LogP contribution in [-0.2, 0) is 4.79 Å². The average molecular weight is 433 g/mol. The number of amides is 1. The highest BCUT2D eigenvalue weighted by molar-refractivity contribution is 6.44. The minimum absolute atomic E-state index is 0.0836. The number of nitrogens with one attached hydrogen (secondary N) is 1.